The fourth-order valence-electron chi connectivity index (χ4n) is 3.94. The normalized spacial score (nSPS) is 15.8. The van der Waals surface area contributed by atoms with E-state index in [1.54, 1.807) is 29.0 Å². The lowest BCUT2D eigenvalue weighted by molar-refractivity contribution is 0.0767. The van der Waals surface area contributed by atoms with Gasteiger partial charge in [-0.25, -0.2) is 8.78 Å². The molecule has 0 saturated carbocycles. The van der Waals surface area contributed by atoms with Gasteiger partial charge in [-0.2, -0.15) is 5.10 Å². The van der Waals surface area contributed by atoms with Crippen molar-refractivity contribution in [2.45, 2.75) is 38.4 Å². The van der Waals surface area contributed by atoms with Gasteiger partial charge in [0.1, 0.15) is 17.4 Å². The first kappa shape index (κ1) is 20.3. The van der Waals surface area contributed by atoms with Crippen molar-refractivity contribution < 1.29 is 18.0 Å². The standard InChI is InChI=1S/C22H24F2N4O2/c1-27(13-17-4-3-9-30-17)22(29)21-18-11-16(7-8-20(18)28(2)26-21)25-12-14-5-6-15(23)10-19(14)24/h3-6,9-10,16,25H,7-8,11-13H2,1-2H3/t16-/m1/s1. The monoisotopic (exact) mass is 414 g/mol. The van der Waals surface area contributed by atoms with Crippen molar-refractivity contribution >= 4 is 5.91 Å². The van der Waals surface area contributed by atoms with Gasteiger partial charge in [-0.3, -0.25) is 9.48 Å². The highest BCUT2D eigenvalue weighted by molar-refractivity contribution is 5.94. The maximum absolute atomic E-state index is 13.9. The molecule has 0 saturated heterocycles. The second-order valence-electron chi connectivity index (χ2n) is 7.69. The van der Waals surface area contributed by atoms with Crippen LogP contribution in [0.2, 0.25) is 0 Å². The zero-order valence-electron chi connectivity index (χ0n) is 17.0. The van der Waals surface area contributed by atoms with E-state index in [-0.39, 0.29) is 11.9 Å². The Balaban J connectivity index is 1.46. The zero-order chi connectivity index (χ0) is 21.3. The third-order valence-corrected chi connectivity index (χ3v) is 5.57. The second kappa shape index (κ2) is 8.39. The van der Waals surface area contributed by atoms with Crippen molar-refractivity contribution in [1.82, 2.24) is 20.0 Å². The summed E-state index contributed by atoms with van der Waals surface area (Å²) in [6, 6.07) is 7.29. The number of fused-ring (bicyclic) bond motifs is 1. The Kier molecular flexibility index (Phi) is 5.67. The summed E-state index contributed by atoms with van der Waals surface area (Å²) in [5.41, 5.74) is 2.84. The average Bonchev–Trinajstić information content (AvgIpc) is 3.34. The van der Waals surface area contributed by atoms with Crippen LogP contribution in [0.25, 0.3) is 0 Å². The Bertz CT molecular complexity index is 1050. The lowest BCUT2D eigenvalue weighted by Gasteiger charge is -2.25. The van der Waals surface area contributed by atoms with Crippen LogP contribution in [0.4, 0.5) is 8.78 Å². The SMILES string of the molecule is CN(Cc1ccco1)C(=O)c1nn(C)c2c1C[C@H](NCc1ccc(F)cc1F)CC2. The lowest BCUT2D eigenvalue weighted by atomic mass is 9.91. The quantitative estimate of drug-likeness (QED) is 0.673. The van der Waals surface area contributed by atoms with Gasteiger partial charge < -0.3 is 14.6 Å². The second-order valence-corrected chi connectivity index (χ2v) is 7.69. The van der Waals surface area contributed by atoms with Crippen molar-refractivity contribution in [3.05, 3.63) is 76.5 Å². The van der Waals surface area contributed by atoms with E-state index in [2.05, 4.69) is 10.4 Å². The van der Waals surface area contributed by atoms with Crippen LogP contribution in [0.3, 0.4) is 0 Å². The van der Waals surface area contributed by atoms with Crippen LogP contribution >= 0.6 is 0 Å². The number of amides is 1. The summed E-state index contributed by atoms with van der Waals surface area (Å²) in [4.78, 5) is 14.6. The first-order valence-corrected chi connectivity index (χ1v) is 9.92. The van der Waals surface area contributed by atoms with Crippen molar-refractivity contribution in [3.63, 3.8) is 0 Å². The Hall–Kier alpha value is -3.00. The van der Waals surface area contributed by atoms with Crippen LogP contribution in [-0.2, 0) is 33.0 Å². The number of carbonyl (C=O) groups is 1. The minimum atomic E-state index is -0.587. The molecule has 1 aliphatic rings. The summed E-state index contributed by atoms with van der Waals surface area (Å²) in [5.74, 6) is -0.600. The molecular formula is C22H24F2N4O2. The van der Waals surface area contributed by atoms with Gasteiger partial charge in [0.05, 0.1) is 12.8 Å². The van der Waals surface area contributed by atoms with Crippen LogP contribution < -0.4 is 5.32 Å². The smallest absolute Gasteiger partial charge is 0.274 e. The maximum Gasteiger partial charge on any atom is 0.274 e. The van der Waals surface area contributed by atoms with Crippen LogP contribution in [-0.4, -0.2) is 33.7 Å². The third kappa shape index (κ3) is 4.14. The van der Waals surface area contributed by atoms with Crippen molar-refractivity contribution in [1.29, 1.82) is 0 Å². The van der Waals surface area contributed by atoms with E-state index in [0.29, 0.717) is 36.5 Å². The molecule has 0 fully saturated rings. The average molecular weight is 414 g/mol. The first-order chi connectivity index (χ1) is 14.4. The van der Waals surface area contributed by atoms with Crippen LogP contribution in [0.5, 0.6) is 0 Å². The molecule has 3 aromatic rings. The molecule has 6 nitrogen and oxygen atoms in total. The van der Waals surface area contributed by atoms with E-state index in [1.165, 1.54) is 12.1 Å². The van der Waals surface area contributed by atoms with E-state index in [0.717, 1.165) is 30.2 Å². The summed E-state index contributed by atoms with van der Waals surface area (Å²) in [7, 11) is 3.57. The van der Waals surface area contributed by atoms with Crippen LogP contribution in [0.15, 0.2) is 41.0 Å². The number of benzene rings is 1. The molecule has 0 aliphatic heterocycles. The topological polar surface area (TPSA) is 63.3 Å². The maximum atomic E-state index is 13.9. The number of nitrogens with zero attached hydrogens (tertiary/aromatic N) is 3. The molecule has 2 heterocycles. The number of furan rings is 1. The van der Waals surface area contributed by atoms with Gasteiger partial charge >= 0.3 is 0 Å². The molecule has 2 aromatic heterocycles. The molecule has 1 amide bonds. The predicted molar refractivity (Wildman–Crippen MR) is 107 cm³/mol. The number of carbonyl (C=O) groups excluding carboxylic acids is 1. The number of hydrogen-bond donors (Lipinski definition) is 1. The van der Waals surface area contributed by atoms with Gasteiger partial charge in [0.15, 0.2) is 5.69 Å². The van der Waals surface area contributed by atoms with Gasteiger partial charge in [0, 0.05) is 49.6 Å². The van der Waals surface area contributed by atoms with Crippen molar-refractivity contribution in [3.8, 4) is 0 Å². The first-order valence-electron chi connectivity index (χ1n) is 9.92. The molecule has 1 atom stereocenters. The highest BCUT2D eigenvalue weighted by atomic mass is 19.1. The zero-order valence-corrected chi connectivity index (χ0v) is 17.0. The summed E-state index contributed by atoms with van der Waals surface area (Å²) < 4.78 is 34.1. The summed E-state index contributed by atoms with van der Waals surface area (Å²) in [6.45, 7) is 0.663. The predicted octanol–water partition coefficient (Wildman–Crippen LogP) is 3.21. The van der Waals surface area contributed by atoms with Gasteiger partial charge in [-0.1, -0.05) is 6.07 Å². The molecule has 0 radical (unpaired) electrons. The molecule has 30 heavy (non-hydrogen) atoms. The Labute approximate surface area is 173 Å². The number of aromatic nitrogens is 2. The fourth-order valence-corrected chi connectivity index (χ4v) is 3.94. The molecule has 0 bridgehead atoms. The molecule has 0 unspecified atom stereocenters. The molecule has 8 heteroatoms. The van der Waals surface area contributed by atoms with Gasteiger partial charge in [-0.15, -0.1) is 0 Å². The largest absolute Gasteiger partial charge is 0.467 e. The number of aryl methyl sites for hydroxylation is 1. The van der Waals surface area contributed by atoms with Crippen LogP contribution in [0.1, 0.15) is 39.5 Å². The highest BCUT2D eigenvalue weighted by Crippen LogP contribution is 2.26. The number of hydrogen-bond acceptors (Lipinski definition) is 4. The van der Waals surface area contributed by atoms with Gasteiger partial charge in [-0.05, 0) is 37.5 Å². The van der Waals surface area contributed by atoms with Crippen molar-refractivity contribution in [2.75, 3.05) is 7.05 Å². The van der Waals surface area contributed by atoms with E-state index in [4.69, 9.17) is 4.42 Å². The minimum Gasteiger partial charge on any atom is -0.467 e. The van der Waals surface area contributed by atoms with E-state index < -0.39 is 11.6 Å². The summed E-state index contributed by atoms with van der Waals surface area (Å²) in [6.07, 6.45) is 3.83. The molecule has 1 aliphatic carbocycles. The van der Waals surface area contributed by atoms with E-state index in [9.17, 15) is 13.6 Å². The molecule has 158 valence electrons. The number of rotatable bonds is 6. The van der Waals surface area contributed by atoms with E-state index >= 15 is 0 Å². The Morgan fingerprint density at radius 1 is 1.37 bits per heavy atom. The number of halogens is 2. The lowest BCUT2D eigenvalue weighted by Crippen LogP contribution is -2.35. The Morgan fingerprint density at radius 3 is 2.93 bits per heavy atom. The highest BCUT2D eigenvalue weighted by Gasteiger charge is 2.29. The van der Waals surface area contributed by atoms with Gasteiger partial charge in [0.2, 0.25) is 0 Å². The fraction of sp³-hybridized carbons (Fsp3) is 0.364. The summed E-state index contributed by atoms with van der Waals surface area (Å²) in [5, 5.41) is 7.83. The molecule has 4 rings (SSSR count). The molecule has 1 aromatic carbocycles. The molecule has 1 N–H and O–H groups in total. The van der Waals surface area contributed by atoms with Crippen molar-refractivity contribution in [2.24, 2.45) is 7.05 Å². The van der Waals surface area contributed by atoms with E-state index in [1.807, 2.05) is 13.1 Å². The van der Waals surface area contributed by atoms with Crippen LogP contribution in [0, 0.1) is 11.6 Å². The molecule has 0 spiro atoms. The number of nitrogens with one attached hydrogen (secondary N) is 1. The minimum absolute atomic E-state index is 0.0769. The summed E-state index contributed by atoms with van der Waals surface area (Å²) >= 11 is 0. The third-order valence-electron chi connectivity index (χ3n) is 5.57. The molecular weight excluding hydrogens is 390 g/mol. The Morgan fingerprint density at radius 2 is 2.20 bits per heavy atom. The van der Waals surface area contributed by atoms with Gasteiger partial charge in [0.25, 0.3) is 5.91 Å².